The monoisotopic (exact) mass is 520 g/mol. The number of halogens is 4. The SMILES string of the molecule is CN=C(NCc1ccc(C(F)(F)F)cc1)N1CCN(c2ccccc2O)CC1.I. The lowest BCUT2D eigenvalue weighted by atomic mass is 10.1. The molecule has 0 aliphatic carbocycles. The lowest BCUT2D eigenvalue weighted by Crippen LogP contribution is -2.52. The summed E-state index contributed by atoms with van der Waals surface area (Å²) in [6.45, 7) is 3.31. The highest BCUT2D eigenvalue weighted by atomic mass is 127. The Morgan fingerprint density at radius 1 is 1.03 bits per heavy atom. The average molecular weight is 520 g/mol. The van der Waals surface area contributed by atoms with Gasteiger partial charge in [-0.25, -0.2) is 0 Å². The fourth-order valence-electron chi connectivity index (χ4n) is 3.22. The van der Waals surface area contributed by atoms with Gasteiger partial charge in [0.1, 0.15) is 5.75 Å². The van der Waals surface area contributed by atoms with Crippen molar-refractivity contribution in [3.05, 3.63) is 59.7 Å². The number of nitrogens with one attached hydrogen (secondary N) is 1. The van der Waals surface area contributed by atoms with Gasteiger partial charge in [-0.05, 0) is 29.8 Å². The van der Waals surface area contributed by atoms with Crippen LogP contribution in [0, 0.1) is 0 Å². The molecule has 29 heavy (non-hydrogen) atoms. The van der Waals surface area contributed by atoms with E-state index >= 15 is 0 Å². The number of hydrogen-bond donors (Lipinski definition) is 2. The van der Waals surface area contributed by atoms with Gasteiger partial charge in [0.05, 0.1) is 11.3 Å². The molecule has 0 spiro atoms. The third-order valence-corrected chi connectivity index (χ3v) is 4.75. The Kier molecular flexibility index (Phi) is 8.00. The molecule has 1 saturated heterocycles. The smallest absolute Gasteiger partial charge is 0.416 e. The van der Waals surface area contributed by atoms with Gasteiger partial charge in [-0.1, -0.05) is 24.3 Å². The number of phenolic OH excluding ortho intramolecular Hbond substituents is 1. The third kappa shape index (κ3) is 5.91. The number of aromatic hydroxyl groups is 1. The Bertz CT molecular complexity index is 819. The number of nitrogens with zero attached hydrogens (tertiary/aromatic N) is 3. The second-order valence-corrected chi connectivity index (χ2v) is 6.56. The summed E-state index contributed by atoms with van der Waals surface area (Å²) in [5.74, 6) is 0.970. The van der Waals surface area contributed by atoms with Crippen molar-refractivity contribution >= 4 is 35.6 Å². The maximum absolute atomic E-state index is 12.6. The molecule has 0 amide bonds. The number of phenols is 1. The zero-order valence-corrected chi connectivity index (χ0v) is 18.3. The molecule has 0 saturated carbocycles. The molecular weight excluding hydrogens is 496 g/mol. The summed E-state index contributed by atoms with van der Waals surface area (Å²) in [7, 11) is 1.69. The number of rotatable bonds is 3. The van der Waals surface area contributed by atoms with Crippen molar-refractivity contribution in [2.45, 2.75) is 12.7 Å². The van der Waals surface area contributed by atoms with Crippen LogP contribution in [-0.2, 0) is 12.7 Å². The molecule has 0 radical (unpaired) electrons. The van der Waals surface area contributed by atoms with E-state index in [0.717, 1.165) is 49.6 Å². The molecule has 0 aromatic heterocycles. The number of guanidine groups is 1. The van der Waals surface area contributed by atoms with E-state index < -0.39 is 11.7 Å². The van der Waals surface area contributed by atoms with E-state index in [-0.39, 0.29) is 29.7 Å². The Morgan fingerprint density at radius 3 is 2.21 bits per heavy atom. The maximum Gasteiger partial charge on any atom is 0.416 e. The molecule has 0 bridgehead atoms. The van der Waals surface area contributed by atoms with Crippen molar-refractivity contribution in [1.82, 2.24) is 10.2 Å². The molecule has 2 aromatic carbocycles. The zero-order valence-electron chi connectivity index (χ0n) is 16.0. The number of para-hydroxylation sites is 2. The van der Waals surface area contributed by atoms with Gasteiger partial charge in [0.25, 0.3) is 0 Å². The molecule has 158 valence electrons. The van der Waals surface area contributed by atoms with Crippen LogP contribution in [0.3, 0.4) is 0 Å². The number of hydrogen-bond acceptors (Lipinski definition) is 3. The van der Waals surface area contributed by atoms with E-state index in [9.17, 15) is 18.3 Å². The average Bonchev–Trinajstić information content (AvgIpc) is 2.69. The van der Waals surface area contributed by atoms with Crippen LogP contribution in [0.1, 0.15) is 11.1 Å². The summed E-state index contributed by atoms with van der Waals surface area (Å²) in [4.78, 5) is 8.50. The van der Waals surface area contributed by atoms with Crippen molar-refractivity contribution in [2.24, 2.45) is 4.99 Å². The summed E-state index contributed by atoms with van der Waals surface area (Å²) in [6, 6.07) is 12.4. The highest BCUT2D eigenvalue weighted by molar-refractivity contribution is 14.0. The zero-order chi connectivity index (χ0) is 20.1. The highest BCUT2D eigenvalue weighted by Crippen LogP contribution is 2.29. The number of benzene rings is 2. The highest BCUT2D eigenvalue weighted by Gasteiger charge is 2.30. The van der Waals surface area contributed by atoms with E-state index in [1.54, 1.807) is 19.2 Å². The molecule has 0 atom stereocenters. The molecule has 2 N–H and O–H groups in total. The number of alkyl halides is 3. The summed E-state index contributed by atoms with van der Waals surface area (Å²) in [5, 5.41) is 13.2. The Morgan fingerprint density at radius 2 is 1.66 bits per heavy atom. The lowest BCUT2D eigenvalue weighted by molar-refractivity contribution is -0.137. The standard InChI is InChI=1S/C20H23F3N4O.HI/c1-24-19(25-14-15-6-8-16(9-7-15)20(21,22)23)27-12-10-26(11-13-27)17-4-2-3-5-18(17)28;/h2-9,28H,10-14H2,1H3,(H,24,25);1H. The first kappa shape index (κ1) is 23.1. The van der Waals surface area contributed by atoms with E-state index in [4.69, 9.17) is 0 Å². The molecule has 1 aliphatic heterocycles. The largest absolute Gasteiger partial charge is 0.506 e. The summed E-state index contributed by atoms with van der Waals surface area (Å²) in [5.41, 5.74) is 0.915. The van der Waals surface area contributed by atoms with Gasteiger partial charge in [0.15, 0.2) is 5.96 Å². The summed E-state index contributed by atoms with van der Waals surface area (Å²) >= 11 is 0. The molecule has 1 aliphatic rings. The van der Waals surface area contributed by atoms with Crippen LogP contribution in [0.5, 0.6) is 5.75 Å². The number of anilines is 1. The first-order chi connectivity index (χ1) is 13.4. The molecule has 0 unspecified atom stereocenters. The van der Waals surface area contributed by atoms with Crippen LogP contribution in [0.15, 0.2) is 53.5 Å². The molecule has 3 rings (SSSR count). The second kappa shape index (κ2) is 10.0. The fraction of sp³-hybridized carbons (Fsp3) is 0.350. The van der Waals surface area contributed by atoms with Gasteiger partial charge < -0.3 is 20.2 Å². The quantitative estimate of drug-likeness (QED) is 0.366. The predicted molar refractivity (Wildman–Crippen MR) is 119 cm³/mol. The van der Waals surface area contributed by atoms with Gasteiger partial charge in [0, 0.05) is 39.8 Å². The van der Waals surface area contributed by atoms with Gasteiger partial charge >= 0.3 is 6.18 Å². The van der Waals surface area contributed by atoms with Crippen LogP contribution in [0.2, 0.25) is 0 Å². The number of piperazine rings is 1. The molecule has 1 heterocycles. The van der Waals surface area contributed by atoms with Crippen molar-refractivity contribution < 1.29 is 18.3 Å². The maximum atomic E-state index is 12.6. The minimum atomic E-state index is -4.32. The van der Waals surface area contributed by atoms with E-state index in [2.05, 4.69) is 20.1 Å². The number of aliphatic imine (C=N–C) groups is 1. The molecule has 5 nitrogen and oxygen atoms in total. The van der Waals surface area contributed by atoms with Gasteiger partial charge in [-0.2, -0.15) is 13.2 Å². The summed E-state index contributed by atoms with van der Waals surface area (Å²) < 4.78 is 37.9. The van der Waals surface area contributed by atoms with Gasteiger partial charge in [-0.15, -0.1) is 24.0 Å². The van der Waals surface area contributed by atoms with Gasteiger partial charge in [-0.3, -0.25) is 4.99 Å². The molecule has 9 heteroatoms. The lowest BCUT2D eigenvalue weighted by Gasteiger charge is -2.37. The summed E-state index contributed by atoms with van der Waals surface area (Å²) in [6.07, 6.45) is -4.32. The van der Waals surface area contributed by atoms with Crippen LogP contribution in [0.25, 0.3) is 0 Å². The topological polar surface area (TPSA) is 51.1 Å². The van der Waals surface area contributed by atoms with Crippen LogP contribution >= 0.6 is 24.0 Å². The molecule has 2 aromatic rings. The Labute approximate surface area is 185 Å². The first-order valence-corrected chi connectivity index (χ1v) is 9.03. The minimum Gasteiger partial charge on any atom is -0.506 e. The van der Waals surface area contributed by atoms with E-state index in [1.165, 1.54) is 12.1 Å². The van der Waals surface area contributed by atoms with Crippen molar-refractivity contribution in [1.29, 1.82) is 0 Å². The van der Waals surface area contributed by atoms with Crippen LogP contribution < -0.4 is 10.2 Å². The Hall–Kier alpha value is -2.17. The normalized spacial score (nSPS) is 15.1. The van der Waals surface area contributed by atoms with Crippen LogP contribution in [0.4, 0.5) is 18.9 Å². The van der Waals surface area contributed by atoms with Crippen molar-refractivity contribution in [2.75, 3.05) is 38.1 Å². The van der Waals surface area contributed by atoms with E-state index in [0.29, 0.717) is 12.5 Å². The first-order valence-electron chi connectivity index (χ1n) is 9.03. The fourth-order valence-corrected chi connectivity index (χ4v) is 3.22. The van der Waals surface area contributed by atoms with E-state index in [1.807, 2.05) is 12.1 Å². The molecular formula is C20H24F3IN4O. The van der Waals surface area contributed by atoms with Crippen LogP contribution in [-0.4, -0.2) is 49.2 Å². The third-order valence-electron chi connectivity index (χ3n) is 4.75. The molecule has 1 fully saturated rings. The predicted octanol–water partition coefficient (Wildman–Crippen LogP) is 3.93. The van der Waals surface area contributed by atoms with Gasteiger partial charge in [0.2, 0.25) is 0 Å². The van der Waals surface area contributed by atoms with Crippen molar-refractivity contribution in [3.8, 4) is 5.75 Å². The van der Waals surface area contributed by atoms with Crippen molar-refractivity contribution in [3.63, 3.8) is 0 Å². The Balaban J connectivity index is 0.00000300. The minimum absolute atomic E-state index is 0. The second-order valence-electron chi connectivity index (χ2n) is 6.56.